The van der Waals surface area contributed by atoms with Gasteiger partial charge < -0.3 is 40.1 Å². The van der Waals surface area contributed by atoms with Crippen LogP contribution in [0.3, 0.4) is 0 Å². The van der Waals surface area contributed by atoms with E-state index in [4.69, 9.17) is 9.47 Å². The third kappa shape index (κ3) is 16.8. The van der Waals surface area contributed by atoms with Crippen LogP contribution in [0.5, 0.6) is 46.0 Å². The van der Waals surface area contributed by atoms with Gasteiger partial charge in [0, 0.05) is 57.8 Å². The normalized spacial score (nSPS) is 23.6. The van der Waals surface area contributed by atoms with E-state index in [2.05, 4.69) is 133 Å². The molecule has 2 aliphatic heterocycles. The van der Waals surface area contributed by atoms with Crippen molar-refractivity contribution in [2.24, 2.45) is 23.7 Å². The summed E-state index contributed by atoms with van der Waals surface area (Å²) in [7, 11) is 0. The Morgan fingerprint density at radius 1 is 0.398 bits per heavy atom. The van der Waals surface area contributed by atoms with Gasteiger partial charge in [-0.2, -0.15) is 0 Å². The number of ether oxygens (including phenoxy) is 2. The van der Waals surface area contributed by atoms with Crippen molar-refractivity contribution >= 4 is 0 Å². The van der Waals surface area contributed by atoms with Gasteiger partial charge in [0.2, 0.25) is 0 Å². The second kappa shape index (κ2) is 30.5. The zero-order chi connectivity index (χ0) is 64.4. The molecule has 0 aromatic heterocycles. The number of allylic oxidation sites excluding steroid dienone is 10. The Morgan fingerprint density at radius 3 is 1.00 bits per heavy atom. The first-order chi connectivity index (χ1) is 41.7. The number of aromatic hydroxyl groups is 6. The molecule has 6 aliphatic rings. The molecule has 0 spiro atoms. The van der Waals surface area contributed by atoms with Crippen LogP contribution in [0.15, 0.2) is 119 Å². The average Bonchev–Trinajstić information content (AvgIpc) is 0.800. The minimum absolute atomic E-state index is 0.0194. The lowest BCUT2D eigenvalue weighted by Gasteiger charge is -2.46. The maximum atomic E-state index is 10.7. The van der Waals surface area contributed by atoms with Gasteiger partial charge in [-0.15, -0.1) is 0 Å². The first-order valence-electron chi connectivity index (χ1n) is 33.9. The lowest BCUT2D eigenvalue weighted by molar-refractivity contribution is 0.0104. The summed E-state index contributed by atoms with van der Waals surface area (Å²) in [6.45, 7) is 38.3. The van der Waals surface area contributed by atoms with Crippen molar-refractivity contribution in [1.29, 1.82) is 0 Å². The summed E-state index contributed by atoms with van der Waals surface area (Å²) >= 11 is 0. The van der Waals surface area contributed by atoms with E-state index in [1.165, 1.54) is 65.5 Å². The number of fused-ring (bicyclic) bond motifs is 6. The molecule has 0 bridgehead atoms. The fourth-order valence-electron chi connectivity index (χ4n) is 15.3. The van der Waals surface area contributed by atoms with E-state index in [0.717, 1.165) is 141 Å². The number of hydrogen-bond donors (Lipinski definition) is 6. The Kier molecular flexibility index (Phi) is 24.0. The lowest BCUT2D eigenvalue weighted by Crippen LogP contribution is -2.45. The summed E-state index contributed by atoms with van der Waals surface area (Å²) in [5.74, 6) is 5.52. The summed E-state index contributed by atoms with van der Waals surface area (Å²) in [5, 5.41) is 63.2. The number of phenols is 6. The van der Waals surface area contributed by atoms with Crippen molar-refractivity contribution in [1.82, 2.24) is 0 Å². The van der Waals surface area contributed by atoms with Crippen LogP contribution in [0.4, 0.5) is 0 Å². The van der Waals surface area contributed by atoms with Crippen molar-refractivity contribution in [2.75, 3.05) is 0 Å². The van der Waals surface area contributed by atoms with Crippen LogP contribution in [0.2, 0.25) is 0 Å². The van der Waals surface area contributed by atoms with Crippen molar-refractivity contribution in [3.63, 3.8) is 0 Å². The number of aryl methyl sites for hydroxylation is 4. The molecule has 88 heavy (non-hydrogen) atoms. The minimum Gasteiger partial charge on any atom is -0.507 e. The van der Waals surface area contributed by atoms with E-state index < -0.39 is 0 Å². The molecule has 4 aliphatic carbocycles. The smallest absolute Gasteiger partial charge is 0.127 e. The van der Waals surface area contributed by atoms with E-state index in [1.54, 1.807) is 12.1 Å². The second-order valence-electron chi connectivity index (χ2n) is 28.4. The minimum atomic E-state index is -0.177. The summed E-state index contributed by atoms with van der Waals surface area (Å²) in [5.41, 5.74) is 15.1. The molecule has 6 N–H and O–H groups in total. The molecule has 4 aromatic carbocycles. The molecule has 0 fully saturated rings. The highest BCUT2D eigenvalue weighted by molar-refractivity contribution is 5.57. The van der Waals surface area contributed by atoms with Gasteiger partial charge in [0.1, 0.15) is 57.2 Å². The van der Waals surface area contributed by atoms with Crippen molar-refractivity contribution in [3.05, 3.63) is 164 Å². The summed E-state index contributed by atoms with van der Waals surface area (Å²) in [6.07, 6.45) is 30.7. The fourth-order valence-corrected chi connectivity index (χ4v) is 15.3. The third-order valence-electron chi connectivity index (χ3n) is 20.1. The van der Waals surface area contributed by atoms with Crippen LogP contribution in [0, 0.1) is 23.7 Å². The average molecular weight is 1200 g/mol. The van der Waals surface area contributed by atoms with Gasteiger partial charge in [-0.25, -0.2) is 0 Å². The van der Waals surface area contributed by atoms with Crippen LogP contribution in [-0.2, 0) is 25.7 Å². The molecule has 8 atom stereocenters. The molecule has 2 heterocycles. The van der Waals surface area contributed by atoms with Gasteiger partial charge in [0.25, 0.3) is 0 Å². The predicted octanol–water partition coefficient (Wildman–Crippen LogP) is 21.6. The van der Waals surface area contributed by atoms with Crippen LogP contribution in [-0.4, -0.2) is 41.8 Å². The number of benzene rings is 4. The first kappa shape index (κ1) is 69.2. The summed E-state index contributed by atoms with van der Waals surface area (Å²) in [4.78, 5) is 0. The van der Waals surface area contributed by atoms with E-state index in [1.807, 2.05) is 38.1 Å². The molecule has 0 unspecified atom stereocenters. The van der Waals surface area contributed by atoms with Crippen molar-refractivity contribution in [3.8, 4) is 46.0 Å². The second-order valence-corrected chi connectivity index (χ2v) is 28.4. The molecule has 4 aromatic rings. The molecule has 0 radical (unpaired) electrons. The van der Waals surface area contributed by atoms with Crippen LogP contribution in [0.1, 0.15) is 268 Å². The van der Waals surface area contributed by atoms with Gasteiger partial charge in [0.05, 0.1) is 0 Å². The first-order valence-corrected chi connectivity index (χ1v) is 33.9. The largest absolute Gasteiger partial charge is 0.507 e. The van der Waals surface area contributed by atoms with Crippen molar-refractivity contribution < 1.29 is 40.1 Å². The number of unbranched alkanes of at least 4 members (excludes halogenated alkanes) is 4. The zero-order valence-corrected chi connectivity index (χ0v) is 56.6. The van der Waals surface area contributed by atoms with Gasteiger partial charge in [0.15, 0.2) is 0 Å². The van der Waals surface area contributed by atoms with Gasteiger partial charge in [-0.3, -0.25) is 0 Å². The highest BCUT2D eigenvalue weighted by Gasteiger charge is 2.47. The molecule has 0 amide bonds. The Labute approximate surface area is 531 Å². The van der Waals surface area contributed by atoms with Crippen molar-refractivity contribution in [2.45, 2.75) is 260 Å². The Hall–Kier alpha value is -6.28. The quantitative estimate of drug-likeness (QED) is 0.0482. The summed E-state index contributed by atoms with van der Waals surface area (Å²) < 4.78 is 12.7. The van der Waals surface area contributed by atoms with E-state index in [9.17, 15) is 30.6 Å². The lowest BCUT2D eigenvalue weighted by atomic mass is 9.68. The standard InChI is InChI=1S/2C21H30O2.2C19H26O2/c1-5-6-7-8-15-12-18(22)20-16-11-14(2)9-10-17(16)21(3,4)23-19(20)13-15;1-5-6-7-8-16-12-19(22)21(20(23)13-16)18-11-15(4)9-10-17(18)14(2)3;1-5-6-13-10-16(20)18-14-9-12(2)7-8-15(14)19(3,4)21-17(18)11-13;1-5-6-14-10-17(20)19(18(21)11-14)16-9-13(4)7-8-15(16)12(2)3/h11-13,16-17,22H,5-10H2,1-4H3;11-13,17-18,22-23H,2,5-10H2,1,3-4H3;9-11,14-15,20H,5-8H2,1-4H3;9-11,15-16,20-21H,2,5-8H2,1,3-4H3/t16-,17-;17-,18+;14-,15-;15-,16+/m1010/s1. The highest BCUT2D eigenvalue weighted by Crippen LogP contribution is 2.56. The molecule has 8 heteroatoms. The Balaban J connectivity index is 0.000000167. The van der Waals surface area contributed by atoms with E-state index in [-0.39, 0.29) is 69.7 Å². The van der Waals surface area contributed by atoms with Gasteiger partial charge in [-0.1, -0.05) is 137 Å². The van der Waals surface area contributed by atoms with Gasteiger partial charge in [-0.05, 0) is 242 Å². The molecule has 10 rings (SSSR count). The molecule has 480 valence electrons. The van der Waals surface area contributed by atoms with Gasteiger partial charge >= 0.3 is 0 Å². The molecule has 0 saturated carbocycles. The predicted molar refractivity (Wildman–Crippen MR) is 366 cm³/mol. The van der Waals surface area contributed by atoms with E-state index in [0.29, 0.717) is 34.5 Å². The molecule has 0 saturated heterocycles. The monoisotopic (exact) mass is 1200 g/mol. The van der Waals surface area contributed by atoms with Crippen LogP contribution in [0.25, 0.3) is 0 Å². The summed E-state index contributed by atoms with van der Waals surface area (Å²) in [6, 6.07) is 15.5. The molecular formula is C80H112O8. The number of hydrogen-bond acceptors (Lipinski definition) is 8. The number of phenolic OH excluding ortho intramolecular Hbond substituents is 6. The molecular weight excluding hydrogens is 1090 g/mol. The number of rotatable bonds is 16. The molecule has 8 nitrogen and oxygen atoms in total. The SMILES string of the molecule is C=C(C)[C@@H]1CCC(C)=C[C@H]1c1c(O)cc(CCC)cc1O.C=C(C)[C@@H]1CCC(C)=C[C@H]1c1c(O)cc(CCCCC)cc1O.CCCCCc1cc(O)c2c(c1)OC(C)(C)[C@@H]1CCC(C)=C[C@@H]21.CCCc1cc(O)c2c(c1)OC(C)(C)[C@@H]1CCC(C)=C[C@@H]21. The van der Waals surface area contributed by atoms with Crippen LogP contribution >= 0.6 is 0 Å². The third-order valence-corrected chi connectivity index (χ3v) is 20.1. The topological polar surface area (TPSA) is 140 Å². The maximum absolute atomic E-state index is 10.7. The zero-order valence-electron chi connectivity index (χ0n) is 56.6. The van der Waals surface area contributed by atoms with E-state index >= 15 is 0 Å². The fraction of sp³-hybridized carbons (Fsp3) is 0.550. The maximum Gasteiger partial charge on any atom is 0.127 e. The van der Waals surface area contributed by atoms with Crippen LogP contribution < -0.4 is 9.47 Å². The Morgan fingerprint density at radius 2 is 0.682 bits per heavy atom. The highest BCUT2D eigenvalue weighted by atomic mass is 16.5. The Bertz CT molecular complexity index is 3170.